The Morgan fingerprint density at radius 2 is 1.97 bits per heavy atom. The van der Waals surface area contributed by atoms with E-state index < -0.39 is 27.5 Å². The Morgan fingerprint density at radius 1 is 1.22 bits per heavy atom. The summed E-state index contributed by atoms with van der Waals surface area (Å²) in [6, 6.07) is 7.03. The van der Waals surface area contributed by atoms with Gasteiger partial charge in [-0.1, -0.05) is 35.3 Å². The Morgan fingerprint density at radius 3 is 2.66 bits per heavy atom. The van der Waals surface area contributed by atoms with Crippen LogP contribution in [0.1, 0.15) is 24.2 Å². The number of hydrogen-bond acceptors (Lipinski definition) is 7. The van der Waals surface area contributed by atoms with Crippen molar-refractivity contribution >= 4 is 45.0 Å². The fourth-order valence-corrected chi connectivity index (χ4v) is 4.08. The fourth-order valence-electron chi connectivity index (χ4n) is 2.63. The van der Waals surface area contributed by atoms with Crippen LogP contribution in [0.2, 0.25) is 10.0 Å². The zero-order valence-corrected chi connectivity index (χ0v) is 19.2. The van der Waals surface area contributed by atoms with Crippen molar-refractivity contribution < 1.29 is 13.2 Å². The minimum absolute atomic E-state index is 0.0150. The Bertz CT molecular complexity index is 1320. The van der Waals surface area contributed by atoms with Gasteiger partial charge in [-0.3, -0.25) is 14.6 Å². The standard InChI is InChI=1S/C19H18Cl2N6O4S/c1-11-6-7-15(25-17(28)12(2)27-19(29)16(21)14(20)10-23-27)26-18(11)32(30,31)24-9-13-5-3-4-8-22-13/h3-8,10,12,24H,9H2,1-2H3,(H,25,26,28)/t12-/m1/s1. The van der Waals surface area contributed by atoms with Gasteiger partial charge in [-0.25, -0.2) is 22.8 Å². The molecule has 1 amide bonds. The normalized spacial score (nSPS) is 12.4. The molecule has 0 bridgehead atoms. The first-order valence-corrected chi connectivity index (χ1v) is 11.4. The van der Waals surface area contributed by atoms with E-state index in [4.69, 9.17) is 23.2 Å². The van der Waals surface area contributed by atoms with Crippen molar-refractivity contribution in [3.63, 3.8) is 0 Å². The van der Waals surface area contributed by atoms with E-state index in [9.17, 15) is 18.0 Å². The van der Waals surface area contributed by atoms with Gasteiger partial charge < -0.3 is 5.32 Å². The number of aryl methyl sites for hydroxylation is 1. The average Bonchev–Trinajstić information content (AvgIpc) is 2.77. The van der Waals surface area contributed by atoms with Crippen molar-refractivity contribution in [3.05, 3.63) is 74.4 Å². The topological polar surface area (TPSA) is 136 Å². The number of pyridine rings is 2. The first-order chi connectivity index (χ1) is 15.1. The molecule has 3 aromatic heterocycles. The third kappa shape index (κ3) is 5.30. The Hall–Kier alpha value is -2.86. The highest BCUT2D eigenvalue weighted by Gasteiger charge is 2.23. The minimum atomic E-state index is -3.99. The molecule has 0 radical (unpaired) electrons. The molecule has 0 fully saturated rings. The molecular weight excluding hydrogens is 479 g/mol. The predicted molar refractivity (Wildman–Crippen MR) is 119 cm³/mol. The summed E-state index contributed by atoms with van der Waals surface area (Å²) in [6.45, 7) is 2.98. The molecule has 168 valence electrons. The van der Waals surface area contributed by atoms with Crippen LogP contribution in [-0.4, -0.2) is 34.1 Å². The van der Waals surface area contributed by atoms with E-state index in [1.807, 2.05) is 0 Å². The van der Waals surface area contributed by atoms with Gasteiger partial charge in [0.05, 0.1) is 23.5 Å². The van der Waals surface area contributed by atoms with Gasteiger partial charge in [-0.2, -0.15) is 5.10 Å². The molecule has 0 aliphatic carbocycles. The lowest BCUT2D eigenvalue weighted by molar-refractivity contribution is -0.119. The summed E-state index contributed by atoms with van der Waals surface area (Å²) < 4.78 is 28.8. The Kier molecular flexibility index (Phi) is 7.24. The van der Waals surface area contributed by atoms with Gasteiger partial charge >= 0.3 is 0 Å². The molecule has 3 aromatic rings. The molecule has 10 nitrogen and oxygen atoms in total. The lowest BCUT2D eigenvalue weighted by Gasteiger charge is -2.15. The van der Waals surface area contributed by atoms with Gasteiger partial charge in [0, 0.05) is 6.20 Å². The maximum absolute atomic E-state index is 12.7. The van der Waals surface area contributed by atoms with Crippen molar-refractivity contribution in [1.82, 2.24) is 24.5 Å². The van der Waals surface area contributed by atoms with Gasteiger partial charge in [0.25, 0.3) is 15.6 Å². The van der Waals surface area contributed by atoms with Crippen molar-refractivity contribution in [2.45, 2.75) is 31.5 Å². The van der Waals surface area contributed by atoms with Gasteiger partial charge in [0.15, 0.2) is 5.03 Å². The summed E-state index contributed by atoms with van der Waals surface area (Å²) in [4.78, 5) is 33.0. The van der Waals surface area contributed by atoms with Gasteiger partial charge in [0.2, 0.25) is 5.91 Å². The molecule has 0 aliphatic rings. The molecule has 0 unspecified atom stereocenters. The molecule has 32 heavy (non-hydrogen) atoms. The van der Waals surface area contributed by atoms with Gasteiger partial charge in [0.1, 0.15) is 16.9 Å². The Balaban J connectivity index is 1.80. The molecule has 1 atom stereocenters. The first kappa shape index (κ1) is 23.8. The molecule has 0 aliphatic heterocycles. The lowest BCUT2D eigenvalue weighted by Crippen LogP contribution is -2.34. The zero-order chi connectivity index (χ0) is 23.5. The van der Waals surface area contributed by atoms with Crippen LogP contribution in [0.25, 0.3) is 0 Å². The number of carbonyl (C=O) groups is 1. The smallest absolute Gasteiger partial charge is 0.287 e. The molecule has 0 aromatic carbocycles. The van der Waals surface area contributed by atoms with E-state index >= 15 is 0 Å². The summed E-state index contributed by atoms with van der Waals surface area (Å²) >= 11 is 11.6. The van der Waals surface area contributed by atoms with E-state index in [0.29, 0.717) is 11.3 Å². The van der Waals surface area contributed by atoms with Crippen LogP contribution in [0.5, 0.6) is 0 Å². The monoisotopic (exact) mass is 496 g/mol. The third-order valence-corrected chi connectivity index (χ3v) is 6.57. The van der Waals surface area contributed by atoms with E-state index in [1.54, 1.807) is 31.3 Å². The number of nitrogens with one attached hydrogen (secondary N) is 2. The van der Waals surface area contributed by atoms with Crippen LogP contribution < -0.4 is 15.6 Å². The van der Waals surface area contributed by atoms with E-state index in [2.05, 4.69) is 25.1 Å². The van der Waals surface area contributed by atoms with Crippen LogP contribution in [0.15, 0.2) is 52.5 Å². The second-order valence-electron chi connectivity index (χ2n) is 6.69. The van der Waals surface area contributed by atoms with Crippen LogP contribution >= 0.6 is 23.2 Å². The summed E-state index contributed by atoms with van der Waals surface area (Å²) in [7, 11) is -3.99. The average molecular weight is 497 g/mol. The molecule has 0 saturated heterocycles. The summed E-state index contributed by atoms with van der Waals surface area (Å²) in [6.07, 6.45) is 2.70. The number of aromatic nitrogens is 4. The van der Waals surface area contributed by atoms with E-state index in [0.717, 1.165) is 10.9 Å². The van der Waals surface area contributed by atoms with Gasteiger partial charge in [-0.15, -0.1) is 0 Å². The molecule has 3 heterocycles. The SMILES string of the molecule is Cc1ccc(NC(=O)[C@@H](C)n2ncc(Cl)c(Cl)c2=O)nc1S(=O)(=O)NCc1ccccn1. The summed E-state index contributed by atoms with van der Waals surface area (Å²) in [5.74, 6) is -0.669. The molecular formula is C19H18Cl2N6O4S. The quantitative estimate of drug-likeness (QED) is 0.511. The molecule has 2 N–H and O–H groups in total. The molecule has 0 saturated carbocycles. The molecule has 13 heteroatoms. The number of amides is 1. The highest BCUT2D eigenvalue weighted by atomic mass is 35.5. The highest BCUT2D eigenvalue weighted by Crippen LogP contribution is 2.18. The number of carbonyl (C=O) groups excluding carboxylic acids is 1. The second-order valence-corrected chi connectivity index (χ2v) is 9.15. The summed E-state index contributed by atoms with van der Waals surface area (Å²) in [5, 5.41) is 5.76. The van der Waals surface area contributed by atoms with Crippen LogP contribution in [-0.2, 0) is 21.4 Å². The van der Waals surface area contributed by atoms with Gasteiger partial charge in [-0.05, 0) is 37.6 Å². The maximum Gasteiger partial charge on any atom is 0.287 e. The van der Waals surface area contributed by atoms with Crippen molar-refractivity contribution in [2.75, 3.05) is 5.32 Å². The maximum atomic E-state index is 12.7. The van der Waals surface area contributed by atoms with Crippen molar-refractivity contribution in [1.29, 1.82) is 0 Å². The van der Waals surface area contributed by atoms with Crippen LogP contribution in [0.4, 0.5) is 5.82 Å². The fraction of sp³-hybridized carbons (Fsp3) is 0.211. The Labute approximate surface area is 193 Å². The second kappa shape index (κ2) is 9.74. The molecule has 3 rings (SSSR count). The first-order valence-electron chi connectivity index (χ1n) is 9.21. The number of halogens is 2. The van der Waals surface area contributed by atoms with Crippen molar-refractivity contribution in [2.24, 2.45) is 0 Å². The largest absolute Gasteiger partial charge is 0.309 e. The number of nitrogens with zero attached hydrogens (tertiary/aromatic N) is 4. The van der Waals surface area contributed by atoms with Crippen LogP contribution in [0, 0.1) is 6.92 Å². The zero-order valence-electron chi connectivity index (χ0n) is 16.9. The van der Waals surface area contributed by atoms with Crippen molar-refractivity contribution in [3.8, 4) is 0 Å². The number of sulfonamides is 1. The lowest BCUT2D eigenvalue weighted by atomic mass is 10.3. The third-order valence-electron chi connectivity index (χ3n) is 4.37. The van der Waals surface area contributed by atoms with Crippen LogP contribution in [0.3, 0.4) is 0 Å². The minimum Gasteiger partial charge on any atom is -0.309 e. The van der Waals surface area contributed by atoms with E-state index in [-0.39, 0.29) is 27.4 Å². The number of rotatable bonds is 7. The summed E-state index contributed by atoms with van der Waals surface area (Å²) in [5.41, 5.74) is 0.180. The number of hydrogen-bond donors (Lipinski definition) is 2. The highest BCUT2D eigenvalue weighted by molar-refractivity contribution is 7.89. The molecule has 0 spiro atoms. The predicted octanol–water partition coefficient (Wildman–Crippen LogP) is 2.33. The van der Waals surface area contributed by atoms with E-state index in [1.165, 1.54) is 19.1 Å². The number of anilines is 1.